The Kier molecular flexibility index (Phi) is 5.17. The van der Waals surface area contributed by atoms with Gasteiger partial charge in [0.1, 0.15) is 17.6 Å². The number of aromatic nitrogens is 5. The van der Waals surface area contributed by atoms with Crippen molar-refractivity contribution in [3.63, 3.8) is 0 Å². The lowest BCUT2D eigenvalue weighted by atomic mass is 9.78. The van der Waals surface area contributed by atoms with Gasteiger partial charge in [-0.1, -0.05) is 0 Å². The van der Waals surface area contributed by atoms with Crippen molar-refractivity contribution in [2.45, 2.75) is 64.3 Å². The third-order valence-corrected chi connectivity index (χ3v) is 5.58. The molecule has 0 bridgehead atoms. The monoisotopic (exact) mass is 425 g/mol. The van der Waals surface area contributed by atoms with E-state index in [1.54, 1.807) is 18.5 Å². The normalized spacial score (nSPS) is 22.3. The molecule has 3 aromatic rings. The number of aromatic hydroxyl groups is 1. The summed E-state index contributed by atoms with van der Waals surface area (Å²) in [7, 11) is 0. The van der Waals surface area contributed by atoms with Gasteiger partial charge in [-0.05, 0) is 53.2 Å². The second kappa shape index (κ2) is 7.56. The highest BCUT2D eigenvalue weighted by atomic mass is 19.1. The molecule has 0 unspecified atom stereocenters. The van der Waals surface area contributed by atoms with Crippen molar-refractivity contribution in [1.82, 2.24) is 30.0 Å². The highest BCUT2D eigenvalue weighted by Gasteiger charge is 2.46. The zero-order valence-corrected chi connectivity index (χ0v) is 18.4. The summed E-state index contributed by atoms with van der Waals surface area (Å²) in [4.78, 5) is 8.50. The Labute approximate surface area is 181 Å². The molecule has 1 aromatic carbocycles. The van der Waals surface area contributed by atoms with E-state index in [-0.39, 0.29) is 17.2 Å². The number of alkyl halides is 1. The van der Waals surface area contributed by atoms with Crippen molar-refractivity contribution in [2.24, 2.45) is 0 Å². The fourth-order valence-electron chi connectivity index (χ4n) is 4.36. The highest BCUT2D eigenvalue weighted by molar-refractivity contribution is 5.68. The largest absolute Gasteiger partial charge is 0.507 e. The zero-order chi connectivity index (χ0) is 22.4. The number of nitrogens with one attached hydrogen (secondary N) is 2. The first-order valence-corrected chi connectivity index (χ1v) is 10.3. The van der Waals surface area contributed by atoms with Crippen LogP contribution in [0.4, 0.5) is 10.3 Å². The van der Waals surface area contributed by atoms with Crippen molar-refractivity contribution in [2.75, 3.05) is 5.32 Å². The summed E-state index contributed by atoms with van der Waals surface area (Å²) in [6.07, 6.45) is 4.55. The fourth-order valence-corrected chi connectivity index (χ4v) is 4.36. The maximum absolute atomic E-state index is 15.0. The molecule has 1 saturated heterocycles. The van der Waals surface area contributed by atoms with E-state index in [4.69, 9.17) is 0 Å². The van der Waals surface area contributed by atoms with Gasteiger partial charge in [0.2, 0.25) is 5.95 Å². The molecule has 0 aliphatic carbocycles. The molecule has 31 heavy (non-hydrogen) atoms. The lowest BCUT2D eigenvalue weighted by molar-refractivity contribution is 0.0654. The molecule has 1 fully saturated rings. The van der Waals surface area contributed by atoms with Crippen molar-refractivity contribution in [3.8, 4) is 22.7 Å². The molecule has 164 valence electrons. The van der Waals surface area contributed by atoms with E-state index in [0.717, 1.165) is 11.4 Å². The predicted molar refractivity (Wildman–Crippen MR) is 117 cm³/mol. The van der Waals surface area contributed by atoms with Gasteiger partial charge in [0.15, 0.2) is 0 Å². The van der Waals surface area contributed by atoms with Crippen LogP contribution in [0.5, 0.6) is 5.75 Å². The molecule has 0 radical (unpaired) electrons. The Bertz CT molecular complexity index is 1080. The van der Waals surface area contributed by atoms with E-state index in [9.17, 15) is 9.50 Å². The summed E-state index contributed by atoms with van der Waals surface area (Å²) < 4.78 is 16.8. The molecule has 2 atom stereocenters. The third kappa shape index (κ3) is 4.36. The van der Waals surface area contributed by atoms with Gasteiger partial charge in [-0.25, -0.2) is 14.4 Å². The van der Waals surface area contributed by atoms with Crippen LogP contribution in [-0.2, 0) is 0 Å². The number of rotatable bonds is 4. The van der Waals surface area contributed by atoms with Crippen LogP contribution in [0.2, 0.25) is 0 Å². The Morgan fingerprint density at radius 1 is 1.19 bits per heavy atom. The number of halogens is 1. The average Bonchev–Trinajstić information content (AvgIpc) is 3.12. The molecule has 1 aliphatic rings. The third-order valence-electron chi connectivity index (χ3n) is 5.58. The van der Waals surface area contributed by atoms with E-state index in [1.807, 2.05) is 37.6 Å². The van der Waals surface area contributed by atoms with Crippen LogP contribution in [0.1, 0.15) is 39.8 Å². The smallest absolute Gasteiger partial charge is 0.243 e. The first-order valence-electron chi connectivity index (χ1n) is 10.3. The minimum Gasteiger partial charge on any atom is -0.507 e. The average molecular weight is 426 g/mol. The summed E-state index contributed by atoms with van der Waals surface area (Å²) >= 11 is 0. The number of imidazole rings is 1. The molecule has 9 heteroatoms. The number of benzene rings is 1. The summed E-state index contributed by atoms with van der Waals surface area (Å²) in [6.45, 7) is 9.71. The summed E-state index contributed by atoms with van der Waals surface area (Å²) in [5.74, 6) is 0.321. The molecule has 0 amide bonds. The number of piperidine rings is 1. The van der Waals surface area contributed by atoms with Gasteiger partial charge in [0.05, 0.1) is 29.9 Å². The van der Waals surface area contributed by atoms with Crippen molar-refractivity contribution < 1.29 is 9.50 Å². The number of nitrogens with zero attached hydrogens (tertiary/aromatic N) is 5. The highest BCUT2D eigenvalue weighted by Crippen LogP contribution is 2.33. The minimum atomic E-state index is -1.12. The van der Waals surface area contributed by atoms with E-state index in [0.29, 0.717) is 17.7 Å². The lowest BCUT2D eigenvalue weighted by Gasteiger charge is -2.48. The fraction of sp³-hybridized carbons (Fsp3) is 0.455. The van der Waals surface area contributed by atoms with Gasteiger partial charge in [-0.3, -0.25) is 0 Å². The Morgan fingerprint density at radius 3 is 2.58 bits per heavy atom. The van der Waals surface area contributed by atoms with Gasteiger partial charge in [-0.15, -0.1) is 10.2 Å². The van der Waals surface area contributed by atoms with Crippen LogP contribution < -0.4 is 10.6 Å². The maximum Gasteiger partial charge on any atom is 0.243 e. The number of aryl methyl sites for hydroxylation is 1. The van der Waals surface area contributed by atoms with Crippen LogP contribution in [0, 0.1) is 6.92 Å². The number of hydrogen-bond donors (Lipinski definition) is 3. The van der Waals surface area contributed by atoms with E-state index in [1.165, 1.54) is 6.20 Å². The second-order valence-corrected chi connectivity index (χ2v) is 9.38. The molecule has 8 nitrogen and oxygen atoms in total. The Morgan fingerprint density at radius 2 is 1.97 bits per heavy atom. The Balaban J connectivity index is 1.52. The summed E-state index contributed by atoms with van der Waals surface area (Å²) in [6, 6.07) is 4.81. The molecular weight excluding hydrogens is 397 g/mol. The van der Waals surface area contributed by atoms with Crippen LogP contribution in [0.15, 0.2) is 36.9 Å². The molecule has 3 N–H and O–H groups in total. The molecule has 2 aromatic heterocycles. The van der Waals surface area contributed by atoms with Crippen LogP contribution in [0.3, 0.4) is 0 Å². The molecular formula is C22H28FN7O. The van der Waals surface area contributed by atoms with Crippen molar-refractivity contribution in [1.29, 1.82) is 0 Å². The first-order chi connectivity index (χ1) is 14.5. The summed E-state index contributed by atoms with van der Waals surface area (Å²) in [5, 5.41) is 25.2. The second-order valence-electron chi connectivity index (χ2n) is 9.38. The minimum absolute atomic E-state index is 0.0614. The van der Waals surface area contributed by atoms with Gasteiger partial charge in [0.25, 0.3) is 0 Å². The summed E-state index contributed by atoms with van der Waals surface area (Å²) in [5.41, 5.74) is 1.72. The molecule has 0 spiro atoms. The standard InChI is InChI=1S/C22H28FN7O/c1-13-11-30(12-25-13)14-6-7-15(18(31)8-14)17-10-24-20(28-27-17)26-16-9-21(2,3)29-22(4,5)19(16)23/h6-8,10-12,16,19,29,31H,9H2,1-5H3,(H,24,26,28)/t16-,19+/m1/s1. The molecule has 4 rings (SSSR count). The van der Waals surface area contributed by atoms with E-state index in [2.05, 4.69) is 44.6 Å². The van der Waals surface area contributed by atoms with Gasteiger partial charge >= 0.3 is 0 Å². The van der Waals surface area contributed by atoms with E-state index < -0.39 is 17.8 Å². The number of hydrogen-bond acceptors (Lipinski definition) is 7. The predicted octanol–water partition coefficient (Wildman–Crippen LogP) is 3.41. The van der Waals surface area contributed by atoms with Gasteiger partial charge < -0.3 is 20.3 Å². The Hall–Kier alpha value is -3.07. The van der Waals surface area contributed by atoms with Crippen molar-refractivity contribution in [3.05, 3.63) is 42.6 Å². The van der Waals surface area contributed by atoms with Crippen molar-refractivity contribution >= 4 is 5.95 Å². The van der Waals surface area contributed by atoms with Crippen LogP contribution in [-0.4, -0.2) is 53.1 Å². The number of phenols is 1. The van der Waals surface area contributed by atoms with E-state index >= 15 is 0 Å². The van der Waals surface area contributed by atoms with Crippen LogP contribution >= 0.6 is 0 Å². The topological polar surface area (TPSA) is 101 Å². The number of anilines is 1. The SMILES string of the molecule is Cc1cn(-c2ccc(-c3cnc(N[C@@H]4CC(C)(C)NC(C)(C)[C@H]4F)nn3)c(O)c2)cn1. The lowest BCUT2D eigenvalue weighted by Crippen LogP contribution is -2.67. The van der Waals surface area contributed by atoms with Gasteiger partial charge in [-0.2, -0.15) is 0 Å². The molecule has 3 heterocycles. The first kappa shape index (κ1) is 21.2. The maximum atomic E-state index is 15.0. The molecule has 1 aliphatic heterocycles. The zero-order valence-electron chi connectivity index (χ0n) is 18.4. The van der Waals surface area contributed by atoms with Crippen LogP contribution in [0.25, 0.3) is 16.9 Å². The molecule has 0 saturated carbocycles. The quantitative estimate of drug-likeness (QED) is 0.589. The van der Waals surface area contributed by atoms with Gasteiger partial charge in [0, 0.05) is 28.9 Å². The number of phenolic OH excluding ortho intramolecular Hbond substituents is 1.